The van der Waals surface area contributed by atoms with Gasteiger partial charge in [-0.05, 0) is 55.8 Å². The van der Waals surface area contributed by atoms with Crippen molar-refractivity contribution in [3.63, 3.8) is 0 Å². The summed E-state index contributed by atoms with van der Waals surface area (Å²) in [5, 5.41) is 12.9. The maximum absolute atomic E-state index is 13.2. The molecule has 1 atom stereocenters. The number of phenolic OH excluding ortho intramolecular Hbond substituents is 1. The molecule has 0 fully saturated rings. The molecule has 2 N–H and O–H groups in total. The number of phenols is 1. The van der Waals surface area contributed by atoms with E-state index >= 15 is 0 Å². The van der Waals surface area contributed by atoms with E-state index in [1.165, 1.54) is 30.3 Å². The lowest BCUT2D eigenvalue weighted by molar-refractivity contribution is 0.450. The maximum atomic E-state index is 13.2. The minimum absolute atomic E-state index is 0.0770. The maximum Gasteiger partial charge on any atom is 0.123 e. The van der Waals surface area contributed by atoms with Gasteiger partial charge in [-0.3, -0.25) is 0 Å². The van der Waals surface area contributed by atoms with Crippen molar-refractivity contribution in [2.45, 2.75) is 19.4 Å². The van der Waals surface area contributed by atoms with Gasteiger partial charge in [0.1, 0.15) is 17.4 Å². The Hall–Kier alpha value is -1.94. The molecule has 0 spiro atoms. The van der Waals surface area contributed by atoms with Crippen LogP contribution in [0.3, 0.4) is 0 Å². The number of hydrogen-bond donors (Lipinski definition) is 2. The number of aromatic hydroxyl groups is 1. The summed E-state index contributed by atoms with van der Waals surface area (Å²) in [5.74, 6) is -0.544. The predicted octanol–water partition coefficient (Wildman–Crippen LogP) is 3.56. The van der Waals surface area contributed by atoms with Gasteiger partial charge in [0.2, 0.25) is 0 Å². The molecule has 0 saturated carbocycles. The average Bonchev–Trinajstić information content (AvgIpc) is 2.43. The first-order valence-corrected chi connectivity index (χ1v) is 6.52. The first-order chi connectivity index (χ1) is 9.56. The van der Waals surface area contributed by atoms with Crippen LogP contribution in [-0.2, 0) is 6.42 Å². The first kappa shape index (κ1) is 14.5. The fourth-order valence-corrected chi connectivity index (χ4v) is 2.07. The van der Waals surface area contributed by atoms with Crippen molar-refractivity contribution in [1.29, 1.82) is 0 Å². The molecular weight excluding hydrogens is 260 g/mol. The molecule has 0 amide bonds. The lowest BCUT2D eigenvalue weighted by Crippen LogP contribution is -2.21. The first-order valence-electron chi connectivity index (χ1n) is 6.52. The van der Waals surface area contributed by atoms with Crippen LogP contribution in [-0.4, -0.2) is 11.7 Å². The summed E-state index contributed by atoms with van der Waals surface area (Å²) in [6, 6.07) is 10.1. The number of nitrogens with one attached hydrogen (secondary N) is 1. The fourth-order valence-electron chi connectivity index (χ4n) is 2.07. The summed E-state index contributed by atoms with van der Waals surface area (Å²) in [6.07, 6.45) is 0.737. The minimum Gasteiger partial charge on any atom is -0.508 e. The standard InChI is InChI=1S/C16H17F2NO/c1-11(15-10-14(18)6-7-16(15)20)19-9-8-12-2-4-13(17)5-3-12/h2-7,10-11,19-20H,8-9H2,1H3. The van der Waals surface area contributed by atoms with Crippen molar-refractivity contribution in [3.8, 4) is 5.75 Å². The van der Waals surface area contributed by atoms with Gasteiger partial charge in [0, 0.05) is 11.6 Å². The molecule has 20 heavy (non-hydrogen) atoms. The van der Waals surface area contributed by atoms with Gasteiger partial charge in [-0.2, -0.15) is 0 Å². The number of hydrogen-bond acceptors (Lipinski definition) is 2. The minimum atomic E-state index is -0.370. The molecule has 0 aliphatic carbocycles. The quantitative estimate of drug-likeness (QED) is 0.875. The highest BCUT2D eigenvalue weighted by Gasteiger charge is 2.10. The zero-order valence-corrected chi connectivity index (χ0v) is 11.2. The second-order valence-electron chi connectivity index (χ2n) is 4.76. The Morgan fingerprint density at radius 2 is 1.70 bits per heavy atom. The van der Waals surface area contributed by atoms with E-state index in [0.717, 1.165) is 12.0 Å². The molecule has 0 aliphatic rings. The van der Waals surface area contributed by atoms with Gasteiger partial charge in [-0.15, -0.1) is 0 Å². The van der Waals surface area contributed by atoms with E-state index in [4.69, 9.17) is 0 Å². The van der Waals surface area contributed by atoms with Crippen molar-refractivity contribution < 1.29 is 13.9 Å². The summed E-state index contributed by atoms with van der Waals surface area (Å²) in [4.78, 5) is 0. The van der Waals surface area contributed by atoms with Gasteiger partial charge in [-0.25, -0.2) is 8.78 Å². The summed E-state index contributed by atoms with van der Waals surface area (Å²) >= 11 is 0. The monoisotopic (exact) mass is 277 g/mol. The third-order valence-corrected chi connectivity index (χ3v) is 3.23. The van der Waals surface area contributed by atoms with Crippen LogP contribution in [0.2, 0.25) is 0 Å². The Balaban J connectivity index is 1.90. The molecule has 2 aromatic rings. The zero-order valence-electron chi connectivity index (χ0n) is 11.2. The van der Waals surface area contributed by atoms with Gasteiger partial charge in [0.15, 0.2) is 0 Å². The highest BCUT2D eigenvalue weighted by atomic mass is 19.1. The molecule has 1 unspecified atom stereocenters. The van der Waals surface area contributed by atoms with Crippen molar-refractivity contribution in [2.75, 3.05) is 6.54 Å². The third-order valence-electron chi connectivity index (χ3n) is 3.23. The molecule has 0 bridgehead atoms. The molecule has 4 heteroatoms. The molecule has 2 aromatic carbocycles. The molecular formula is C16H17F2NO. The van der Waals surface area contributed by atoms with Gasteiger partial charge < -0.3 is 10.4 Å². The van der Waals surface area contributed by atoms with E-state index < -0.39 is 0 Å². The Kier molecular flexibility index (Phi) is 4.69. The molecule has 106 valence electrons. The van der Waals surface area contributed by atoms with Crippen LogP contribution >= 0.6 is 0 Å². The molecule has 0 aromatic heterocycles. The van der Waals surface area contributed by atoms with Crippen LogP contribution in [0.1, 0.15) is 24.1 Å². The van der Waals surface area contributed by atoms with Gasteiger partial charge in [-0.1, -0.05) is 12.1 Å². The average molecular weight is 277 g/mol. The largest absolute Gasteiger partial charge is 0.508 e. The zero-order chi connectivity index (χ0) is 14.5. The lowest BCUT2D eigenvalue weighted by atomic mass is 10.1. The van der Waals surface area contributed by atoms with Gasteiger partial charge >= 0.3 is 0 Å². The van der Waals surface area contributed by atoms with E-state index in [9.17, 15) is 13.9 Å². The highest BCUT2D eigenvalue weighted by Crippen LogP contribution is 2.24. The number of benzene rings is 2. The van der Waals surface area contributed by atoms with Crippen molar-refractivity contribution in [1.82, 2.24) is 5.32 Å². The summed E-state index contributed by atoms with van der Waals surface area (Å²) in [7, 11) is 0. The Morgan fingerprint density at radius 3 is 2.40 bits per heavy atom. The third kappa shape index (κ3) is 3.78. The normalized spacial score (nSPS) is 12.3. The Morgan fingerprint density at radius 1 is 1.05 bits per heavy atom. The van der Waals surface area contributed by atoms with Crippen molar-refractivity contribution >= 4 is 0 Å². The lowest BCUT2D eigenvalue weighted by Gasteiger charge is -2.15. The van der Waals surface area contributed by atoms with Crippen LogP contribution in [0.25, 0.3) is 0 Å². The van der Waals surface area contributed by atoms with E-state index in [0.29, 0.717) is 12.1 Å². The number of halogens is 2. The molecule has 0 saturated heterocycles. The highest BCUT2D eigenvalue weighted by molar-refractivity contribution is 5.34. The SMILES string of the molecule is CC(NCCc1ccc(F)cc1)c1cc(F)ccc1O. The second kappa shape index (κ2) is 6.48. The van der Waals surface area contributed by atoms with E-state index in [1.807, 2.05) is 6.92 Å². The van der Waals surface area contributed by atoms with Crippen LogP contribution in [0.15, 0.2) is 42.5 Å². The van der Waals surface area contributed by atoms with Crippen LogP contribution in [0.4, 0.5) is 8.78 Å². The smallest absolute Gasteiger partial charge is 0.123 e. The van der Waals surface area contributed by atoms with Gasteiger partial charge in [0.05, 0.1) is 0 Å². The second-order valence-corrected chi connectivity index (χ2v) is 4.76. The van der Waals surface area contributed by atoms with Crippen LogP contribution < -0.4 is 5.32 Å². The molecule has 0 heterocycles. The molecule has 2 nitrogen and oxygen atoms in total. The predicted molar refractivity (Wildman–Crippen MR) is 74.6 cm³/mol. The van der Waals surface area contributed by atoms with Crippen LogP contribution in [0.5, 0.6) is 5.75 Å². The topological polar surface area (TPSA) is 32.3 Å². The molecule has 0 radical (unpaired) electrons. The van der Waals surface area contributed by atoms with Gasteiger partial charge in [0.25, 0.3) is 0 Å². The van der Waals surface area contributed by atoms with E-state index in [-0.39, 0.29) is 23.4 Å². The fraction of sp³-hybridized carbons (Fsp3) is 0.250. The van der Waals surface area contributed by atoms with E-state index in [2.05, 4.69) is 5.32 Å². The van der Waals surface area contributed by atoms with E-state index in [1.54, 1.807) is 12.1 Å². The van der Waals surface area contributed by atoms with Crippen molar-refractivity contribution in [3.05, 3.63) is 65.2 Å². The summed E-state index contributed by atoms with van der Waals surface area (Å²) in [5.41, 5.74) is 1.55. The summed E-state index contributed by atoms with van der Waals surface area (Å²) < 4.78 is 25.9. The molecule has 0 aliphatic heterocycles. The van der Waals surface area contributed by atoms with Crippen LogP contribution in [0, 0.1) is 11.6 Å². The van der Waals surface area contributed by atoms with Crippen molar-refractivity contribution in [2.24, 2.45) is 0 Å². The Bertz CT molecular complexity index is 569. The molecule has 2 rings (SSSR count). The Labute approximate surface area is 117 Å². The number of rotatable bonds is 5. The summed E-state index contributed by atoms with van der Waals surface area (Å²) in [6.45, 7) is 2.52.